The third kappa shape index (κ3) is 3.37. The zero-order chi connectivity index (χ0) is 17.8. The van der Waals surface area contributed by atoms with E-state index in [1.165, 1.54) is 12.3 Å². The van der Waals surface area contributed by atoms with Crippen molar-refractivity contribution in [1.29, 1.82) is 5.41 Å². The summed E-state index contributed by atoms with van der Waals surface area (Å²) in [5, 5.41) is 19.3. The maximum absolute atomic E-state index is 14.0. The number of hydrogen-bond donors (Lipinski definition) is 3. The van der Waals surface area contributed by atoms with Gasteiger partial charge in [-0.05, 0) is 29.3 Å². The fourth-order valence-corrected chi connectivity index (χ4v) is 2.47. The predicted molar refractivity (Wildman–Crippen MR) is 94.9 cm³/mol. The number of nitrogens with zero attached hydrogens (tertiary/aromatic N) is 1. The Morgan fingerprint density at radius 1 is 1.16 bits per heavy atom. The van der Waals surface area contributed by atoms with Crippen LogP contribution in [0.4, 0.5) is 4.39 Å². The Morgan fingerprint density at radius 3 is 2.64 bits per heavy atom. The van der Waals surface area contributed by atoms with Crippen molar-refractivity contribution in [3.8, 4) is 11.1 Å². The van der Waals surface area contributed by atoms with Crippen LogP contribution in [0.25, 0.3) is 16.8 Å². The molecule has 0 radical (unpaired) electrons. The molecule has 1 aliphatic rings. The van der Waals surface area contributed by atoms with E-state index in [1.54, 1.807) is 42.5 Å². The number of carboxylic acids is 1. The van der Waals surface area contributed by atoms with Crippen molar-refractivity contribution in [1.82, 2.24) is 5.32 Å². The number of aliphatic carboxylic acids is 1. The van der Waals surface area contributed by atoms with Crippen molar-refractivity contribution in [2.45, 2.75) is 0 Å². The Balaban J connectivity index is 1.99. The highest BCUT2D eigenvalue weighted by molar-refractivity contribution is 6.09. The number of rotatable bonds is 4. The Morgan fingerprint density at radius 2 is 1.92 bits per heavy atom. The van der Waals surface area contributed by atoms with E-state index in [-0.39, 0.29) is 17.2 Å². The number of carbonyl (C=O) groups is 1. The molecule has 0 aliphatic carbocycles. The van der Waals surface area contributed by atoms with E-state index in [2.05, 4.69) is 10.3 Å². The fourth-order valence-electron chi connectivity index (χ4n) is 2.47. The van der Waals surface area contributed by atoms with E-state index in [0.717, 1.165) is 11.8 Å². The first-order chi connectivity index (χ1) is 12.1. The van der Waals surface area contributed by atoms with Crippen LogP contribution in [0.15, 0.2) is 71.0 Å². The molecule has 0 spiro atoms. The normalized spacial score (nSPS) is 15.2. The van der Waals surface area contributed by atoms with Gasteiger partial charge in [-0.2, -0.15) is 0 Å². The molecule has 1 heterocycles. The average Bonchev–Trinajstić information content (AvgIpc) is 2.63. The van der Waals surface area contributed by atoms with Crippen molar-refractivity contribution in [2.24, 2.45) is 4.99 Å². The Bertz CT molecular complexity index is 945. The van der Waals surface area contributed by atoms with Gasteiger partial charge in [-0.15, -0.1) is 0 Å². The maximum atomic E-state index is 14.0. The smallest absolute Gasteiger partial charge is 0.341 e. The van der Waals surface area contributed by atoms with E-state index in [0.29, 0.717) is 16.8 Å². The number of halogens is 1. The van der Waals surface area contributed by atoms with Crippen LogP contribution in [0.1, 0.15) is 5.56 Å². The van der Waals surface area contributed by atoms with Gasteiger partial charge in [0.2, 0.25) is 0 Å². The minimum Gasteiger partial charge on any atom is -0.477 e. The highest BCUT2D eigenvalue weighted by Gasteiger charge is 2.16. The van der Waals surface area contributed by atoms with E-state index in [4.69, 9.17) is 10.5 Å². The summed E-state index contributed by atoms with van der Waals surface area (Å²) in [7, 11) is 0. The second-order valence-corrected chi connectivity index (χ2v) is 5.26. The molecule has 0 unspecified atom stereocenters. The van der Waals surface area contributed by atoms with Gasteiger partial charge in [0, 0.05) is 23.7 Å². The van der Waals surface area contributed by atoms with E-state index in [9.17, 15) is 9.18 Å². The lowest BCUT2D eigenvalue weighted by atomic mass is 10.0. The maximum Gasteiger partial charge on any atom is 0.341 e. The van der Waals surface area contributed by atoms with Crippen LogP contribution in [-0.4, -0.2) is 23.5 Å². The molecule has 3 rings (SSSR count). The van der Waals surface area contributed by atoms with Gasteiger partial charge >= 0.3 is 5.97 Å². The summed E-state index contributed by atoms with van der Waals surface area (Å²) in [5.74, 6) is -1.48. The number of allylic oxidation sites excluding steroid dienone is 1. The molecule has 2 aromatic rings. The molecule has 0 fully saturated rings. The summed E-state index contributed by atoms with van der Waals surface area (Å²) in [6.45, 7) is 0. The van der Waals surface area contributed by atoms with Crippen LogP contribution >= 0.6 is 0 Å². The van der Waals surface area contributed by atoms with Gasteiger partial charge in [0.05, 0.1) is 0 Å². The Kier molecular flexibility index (Phi) is 4.52. The lowest BCUT2D eigenvalue weighted by Gasteiger charge is -2.16. The molecule has 0 amide bonds. The molecule has 0 saturated carbocycles. The lowest BCUT2D eigenvalue weighted by molar-refractivity contribution is -0.132. The van der Waals surface area contributed by atoms with Crippen molar-refractivity contribution in [2.75, 3.05) is 0 Å². The number of nitrogens with one attached hydrogen (secondary N) is 2. The molecule has 1 aliphatic heterocycles. The summed E-state index contributed by atoms with van der Waals surface area (Å²) in [6, 6.07) is 13.7. The van der Waals surface area contributed by atoms with Crippen molar-refractivity contribution < 1.29 is 14.3 Å². The van der Waals surface area contributed by atoms with Crippen LogP contribution in [-0.2, 0) is 4.79 Å². The lowest BCUT2D eigenvalue weighted by Crippen LogP contribution is -2.19. The van der Waals surface area contributed by atoms with E-state index < -0.39 is 5.97 Å². The van der Waals surface area contributed by atoms with Crippen molar-refractivity contribution >= 4 is 24.1 Å². The van der Waals surface area contributed by atoms with Gasteiger partial charge in [-0.1, -0.05) is 36.4 Å². The summed E-state index contributed by atoms with van der Waals surface area (Å²) < 4.78 is 14.0. The number of aliphatic imine (C=N–C) groups is 1. The third-order valence-electron chi connectivity index (χ3n) is 3.69. The molecule has 0 bridgehead atoms. The van der Waals surface area contributed by atoms with Gasteiger partial charge in [0.25, 0.3) is 0 Å². The molecule has 5 nitrogen and oxygen atoms in total. The molecule has 124 valence electrons. The summed E-state index contributed by atoms with van der Waals surface area (Å²) in [6.07, 6.45) is 3.89. The molecular formula is C19H14FN3O2. The van der Waals surface area contributed by atoms with E-state index in [1.807, 2.05) is 6.07 Å². The highest BCUT2D eigenvalue weighted by Crippen LogP contribution is 2.26. The van der Waals surface area contributed by atoms with Crippen LogP contribution in [0.3, 0.4) is 0 Å². The summed E-state index contributed by atoms with van der Waals surface area (Å²) in [5.41, 5.74) is 2.31. The Hall–Kier alpha value is -3.54. The molecule has 3 N–H and O–H groups in total. The predicted octanol–water partition coefficient (Wildman–Crippen LogP) is 3.45. The van der Waals surface area contributed by atoms with Gasteiger partial charge in [0.15, 0.2) is 0 Å². The standard InChI is InChI=1S/C19H14FN3O2/c20-16-7-2-1-6-14(16)12-4-3-5-13(10-12)17-8-9-22-18(23-17)15(11-21)19(24)25/h1-11,21,23H,(H,24,25)/b18-15+,21-11?. The second kappa shape index (κ2) is 6.92. The minimum absolute atomic E-state index is 0.0799. The SMILES string of the molecule is N=C/C(C(=O)O)=C1/N=CC=C(c2cccc(-c3ccccc3F)c2)N1. The van der Waals surface area contributed by atoms with Crippen LogP contribution < -0.4 is 5.32 Å². The van der Waals surface area contributed by atoms with Gasteiger partial charge < -0.3 is 15.8 Å². The summed E-state index contributed by atoms with van der Waals surface area (Å²) >= 11 is 0. The highest BCUT2D eigenvalue weighted by atomic mass is 19.1. The monoisotopic (exact) mass is 335 g/mol. The third-order valence-corrected chi connectivity index (χ3v) is 3.69. The molecule has 6 heteroatoms. The molecular weight excluding hydrogens is 321 g/mol. The van der Waals surface area contributed by atoms with Crippen LogP contribution in [0.5, 0.6) is 0 Å². The van der Waals surface area contributed by atoms with Gasteiger partial charge in [-0.25, -0.2) is 14.2 Å². The first kappa shape index (κ1) is 16.3. The first-order valence-electron chi connectivity index (χ1n) is 7.45. The fraction of sp³-hybridized carbons (Fsp3) is 0. The first-order valence-corrected chi connectivity index (χ1v) is 7.45. The van der Waals surface area contributed by atoms with Gasteiger partial charge in [-0.3, -0.25) is 0 Å². The zero-order valence-electron chi connectivity index (χ0n) is 13.0. The van der Waals surface area contributed by atoms with Crippen LogP contribution in [0, 0.1) is 11.2 Å². The number of carboxylic acid groups (broad SMARTS) is 1. The minimum atomic E-state index is -1.24. The zero-order valence-corrected chi connectivity index (χ0v) is 13.0. The van der Waals surface area contributed by atoms with Crippen molar-refractivity contribution in [3.63, 3.8) is 0 Å². The molecule has 0 saturated heterocycles. The molecule has 0 aromatic heterocycles. The second-order valence-electron chi connectivity index (χ2n) is 5.26. The average molecular weight is 335 g/mol. The Labute approximate surface area is 143 Å². The molecule has 0 atom stereocenters. The van der Waals surface area contributed by atoms with Crippen LogP contribution in [0.2, 0.25) is 0 Å². The van der Waals surface area contributed by atoms with Gasteiger partial charge in [0.1, 0.15) is 17.2 Å². The van der Waals surface area contributed by atoms with E-state index >= 15 is 0 Å². The molecule has 2 aromatic carbocycles. The molecule has 25 heavy (non-hydrogen) atoms. The quantitative estimate of drug-likeness (QED) is 0.591. The number of hydrogen-bond acceptors (Lipinski definition) is 4. The van der Waals surface area contributed by atoms with Crippen molar-refractivity contribution in [3.05, 3.63) is 77.4 Å². The summed E-state index contributed by atoms with van der Waals surface area (Å²) in [4.78, 5) is 15.1. The largest absolute Gasteiger partial charge is 0.477 e. The number of benzene rings is 2. The topological polar surface area (TPSA) is 85.5 Å².